The zero-order chi connectivity index (χ0) is 16.8. The summed E-state index contributed by atoms with van der Waals surface area (Å²) in [7, 11) is 1.60. The van der Waals surface area contributed by atoms with Crippen molar-refractivity contribution in [2.24, 2.45) is 5.92 Å². The third-order valence-electron chi connectivity index (χ3n) is 4.05. The largest absolute Gasteiger partial charge is 0.396 e. The van der Waals surface area contributed by atoms with Crippen LogP contribution in [0.4, 0.5) is 0 Å². The highest BCUT2D eigenvalue weighted by Crippen LogP contribution is 2.20. The van der Waals surface area contributed by atoms with E-state index < -0.39 is 0 Å². The number of nitrogens with one attached hydrogen (secondary N) is 1. The lowest BCUT2D eigenvalue weighted by molar-refractivity contribution is -0.0376. The second-order valence-corrected chi connectivity index (χ2v) is 5.86. The number of methoxy groups -OCH3 is 1. The van der Waals surface area contributed by atoms with Gasteiger partial charge in [0.2, 0.25) is 0 Å². The van der Waals surface area contributed by atoms with Crippen molar-refractivity contribution in [3.8, 4) is 0 Å². The molecule has 1 fully saturated rings. The van der Waals surface area contributed by atoms with Crippen molar-refractivity contribution >= 4 is 5.91 Å². The summed E-state index contributed by atoms with van der Waals surface area (Å²) in [6, 6.07) is 0. The van der Waals surface area contributed by atoms with E-state index in [4.69, 9.17) is 9.47 Å². The molecule has 0 saturated carbocycles. The summed E-state index contributed by atoms with van der Waals surface area (Å²) in [5.74, 6) is -0.377. The molecule has 2 rings (SSSR count). The smallest absolute Gasteiger partial charge is 0.259 e. The first-order chi connectivity index (χ1) is 11.1. The van der Waals surface area contributed by atoms with E-state index in [0.717, 1.165) is 0 Å². The van der Waals surface area contributed by atoms with Crippen LogP contribution in [0.2, 0.25) is 0 Å². The van der Waals surface area contributed by atoms with Gasteiger partial charge in [0.1, 0.15) is 5.56 Å². The molecule has 2 N–H and O–H groups in total. The van der Waals surface area contributed by atoms with Crippen LogP contribution in [0.5, 0.6) is 0 Å². The van der Waals surface area contributed by atoms with Crippen molar-refractivity contribution in [3.63, 3.8) is 0 Å². The van der Waals surface area contributed by atoms with Crippen molar-refractivity contribution in [2.45, 2.75) is 19.4 Å². The second-order valence-electron chi connectivity index (χ2n) is 5.86. The molecule has 0 radical (unpaired) electrons. The Kier molecular flexibility index (Phi) is 6.32. The molecule has 1 aliphatic rings. The van der Waals surface area contributed by atoms with Gasteiger partial charge in [-0.2, -0.15) is 0 Å². The van der Waals surface area contributed by atoms with E-state index in [-0.39, 0.29) is 35.5 Å². The maximum atomic E-state index is 12.7. The quantitative estimate of drug-likeness (QED) is 0.728. The van der Waals surface area contributed by atoms with Gasteiger partial charge in [0.15, 0.2) is 5.43 Å². The number of aromatic amines is 1. The summed E-state index contributed by atoms with van der Waals surface area (Å²) in [6.45, 7) is 3.40. The Morgan fingerprint density at radius 2 is 2.17 bits per heavy atom. The first kappa shape index (κ1) is 17.7. The highest BCUT2D eigenvalue weighted by atomic mass is 16.5. The SMILES string of the molecule is COCCOC1CC(CO)CN(C(=O)c2c[nH]cc(C)c2=O)C1. The molecule has 23 heavy (non-hydrogen) atoms. The van der Waals surface area contributed by atoms with Crippen molar-refractivity contribution in [2.75, 3.05) is 40.0 Å². The van der Waals surface area contributed by atoms with Gasteiger partial charge in [-0.25, -0.2) is 0 Å². The number of piperidine rings is 1. The number of carbonyl (C=O) groups excluding carboxylic acids is 1. The van der Waals surface area contributed by atoms with Crippen molar-refractivity contribution in [1.82, 2.24) is 9.88 Å². The molecule has 1 amide bonds. The van der Waals surface area contributed by atoms with Gasteiger partial charge in [0.25, 0.3) is 5.91 Å². The van der Waals surface area contributed by atoms with Gasteiger partial charge in [-0.05, 0) is 13.3 Å². The van der Waals surface area contributed by atoms with Gasteiger partial charge in [0.05, 0.1) is 19.3 Å². The molecule has 128 valence electrons. The lowest BCUT2D eigenvalue weighted by Crippen LogP contribution is -2.49. The minimum Gasteiger partial charge on any atom is -0.396 e. The first-order valence-electron chi connectivity index (χ1n) is 7.75. The first-order valence-corrected chi connectivity index (χ1v) is 7.75. The van der Waals surface area contributed by atoms with Crippen LogP contribution in [0.25, 0.3) is 0 Å². The standard InChI is InChI=1S/C16H24N2O5/c1-11-6-17-7-14(15(11)20)16(21)18-8-12(10-19)5-13(9-18)23-4-3-22-2/h6-7,12-13,19H,3-5,8-10H2,1-2H3,(H,17,20). The van der Waals surface area contributed by atoms with Gasteiger partial charge in [-0.15, -0.1) is 0 Å². The molecule has 1 aromatic rings. The maximum absolute atomic E-state index is 12.7. The Bertz CT molecular complexity index is 586. The number of hydrogen-bond donors (Lipinski definition) is 2. The molecule has 2 heterocycles. The molecule has 0 aliphatic carbocycles. The molecule has 1 aliphatic heterocycles. The third-order valence-corrected chi connectivity index (χ3v) is 4.05. The van der Waals surface area contributed by atoms with Crippen LogP contribution < -0.4 is 5.43 Å². The zero-order valence-corrected chi connectivity index (χ0v) is 13.6. The third kappa shape index (κ3) is 4.40. The average Bonchev–Trinajstić information content (AvgIpc) is 2.56. The number of ether oxygens (including phenoxy) is 2. The maximum Gasteiger partial charge on any atom is 0.259 e. The highest BCUT2D eigenvalue weighted by molar-refractivity contribution is 5.94. The van der Waals surface area contributed by atoms with Gasteiger partial charge < -0.3 is 24.5 Å². The Morgan fingerprint density at radius 3 is 2.87 bits per heavy atom. The zero-order valence-electron chi connectivity index (χ0n) is 13.6. The number of H-pyrrole nitrogens is 1. The van der Waals surface area contributed by atoms with Crippen LogP contribution in [-0.2, 0) is 9.47 Å². The van der Waals surface area contributed by atoms with E-state index in [0.29, 0.717) is 38.3 Å². The average molecular weight is 324 g/mol. The summed E-state index contributed by atoms with van der Waals surface area (Å²) in [4.78, 5) is 29.2. The summed E-state index contributed by atoms with van der Waals surface area (Å²) < 4.78 is 10.7. The number of amides is 1. The van der Waals surface area contributed by atoms with E-state index in [1.807, 2.05) is 0 Å². The molecule has 0 spiro atoms. The number of aryl methyl sites for hydroxylation is 1. The Morgan fingerprint density at radius 1 is 1.39 bits per heavy atom. The van der Waals surface area contributed by atoms with E-state index in [1.54, 1.807) is 25.1 Å². The van der Waals surface area contributed by atoms with Crippen molar-refractivity contribution < 1.29 is 19.4 Å². The number of carbonyl (C=O) groups is 1. The molecule has 1 saturated heterocycles. The lowest BCUT2D eigenvalue weighted by atomic mass is 9.96. The van der Waals surface area contributed by atoms with E-state index >= 15 is 0 Å². The van der Waals surface area contributed by atoms with Gasteiger partial charge in [-0.3, -0.25) is 9.59 Å². The Labute approximate surface area is 135 Å². The number of likely N-dealkylation sites (tertiary alicyclic amines) is 1. The topological polar surface area (TPSA) is 91.9 Å². The van der Waals surface area contributed by atoms with E-state index in [9.17, 15) is 14.7 Å². The summed E-state index contributed by atoms with van der Waals surface area (Å²) in [5, 5.41) is 9.46. The monoisotopic (exact) mass is 324 g/mol. The molecule has 7 heteroatoms. The number of pyridine rings is 1. The molecule has 1 aromatic heterocycles. The van der Waals surface area contributed by atoms with Gasteiger partial charge >= 0.3 is 0 Å². The molecule has 2 atom stereocenters. The highest BCUT2D eigenvalue weighted by Gasteiger charge is 2.31. The van der Waals surface area contributed by atoms with Crippen LogP contribution in [0, 0.1) is 12.8 Å². The Balaban J connectivity index is 2.11. The number of aliphatic hydroxyl groups excluding tert-OH is 1. The molecular formula is C16H24N2O5. The normalized spacial score (nSPS) is 21.4. The number of hydrogen-bond acceptors (Lipinski definition) is 5. The summed E-state index contributed by atoms with van der Waals surface area (Å²) in [6.07, 6.45) is 3.53. The summed E-state index contributed by atoms with van der Waals surface area (Å²) in [5.41, 5.74) is 0.357. The minimum atomic E-state index is -0.326. The van der Waals surface area contributed by atoms with Gasteiger partial charge in [-0.1, -0.05) is 0 Å². The number of aliphatic hydroxyl groups is 1. The summed E-state index contributed by atoms with van der Waals surface area (Å²) >= 11 is 0. The number of rotatable bonds is 6. The fourth-order valence-electron chi connectivity index (χ4n) is 2.79. The number of nitrogens with zero attached hydrogens (tertiary/aromatic N) is 1. The van der Waals surface area contributed by atoms with E-state index in [2.05, 4.69) is 4.98 Å². The Hall–Kier alpha value is -1.70. The van der Waals surface area contributed by atoms with Crippen LogP contribution in [-0.4, -0.2) is 67.0 Å². The fourth-order valence-corrected chi connectivity index (χ4v) is 2.79. The van der Waals surface area contributed by atoms with Crippen LogP contribution in [0.3, 0.4) is 0 Å². The molecule has 7 nitrogen and oxygen atoms in total. The van der Waals surface area contributed by atoms with Crippen LogP contribution >= 0.6 is 0 Å². The predicted octanol–water partition coefficient (Wildman–Crippen LogP) is 0.169. The number of aromatic nitrogens is 1. The molecule has 2 unspecified atom stereocenters. The predicted molar refractivity (Wildman–Crippen MR) is 84.5 cm³/mol. The molecular weight excluding hydrogens is 300 g/mol. The van der Waals surface area contributed by atoms with Crippen LogP contribution in [0.1, 0.15) is 22.3 Å². The van der Waals surface area contributed by atoms with E-state index in [1.165, 1.54) is 6.20 Å². The minimum absolute atomic E-state index is 0.0158. The lowest BCUT2D eigenvalue weighted by Gasteiger charge is -2.37. The fraction of sp³-hybridized carbons (Fsp3) is 0.625. The molecule has 0 aromatic carbocycles. The van der Waals surface area contributed by atoms with Gasteiger partial charge in [0, 0.05) is 50.7 Å². The van der Waals surface area contributed by atoms with Crippen molar-refractivity contribution in [1.29, 1.82) is 0 Å². The van der Waals surface area contributed by atoms with Crippen molar-refractivity contribution in [3.05, 3.63) is 33.7 Å². The molecule has 0 bridgehead atoms. The second kappa shape index (κ2) is 8.24. The van der Waals surface area contributed by atoms with Crippen LogP contribution in [0.15, 0.2) is 17.2 Å².